The van der Waals surface area contributed by atoms with E-state index in [1.807, 2.05) is 30.5 Å². The number of halogens is 4. The lowest BCUT2D eigenvalue weighted by Gasteiger charge is -2.10. The van der Waals surface area contributed by atoms with Crippen LogP contribution in [0.1, 0.15) is 41.3 Å². The van der Waals surface area contributed by atoms with Crippen LogP contribution in [0.2, 0.25) is 5.02 Å². The Bertz CT molecular complexity index is 1250. The smallest absolute Gasteiger partial charge is 0.145 e. The lowest BCUT2D eigenvalue weighted by atomic mass is 9.97. The Morgan fingerprint density at radius 2 is 1.45 bits per heavy atom. The van der Waals surface area contributed by atoms with E-state index in [2.05, 4.69) is 24.0 Å². The van der Waals surface area contributed by atoms with E-state index in [4.69, 9.17) is 11.6 Å². The van der Waals surface area contributed by atoms with E-state index in [1.54, 1.807) is 6.07 Å². The van der Waals surface area contributed by atoms with Crippen LogP contribution >= 0.6 is 11.6 Å². The summed E-state index contributed by atoms with van der Waals surface area (Å²) in [5.41, 5.74) is 4.39. The lowest BCUT2D eigenvalue weighted by Crippen LogP contribution is -1.99. The Hall–Kier alpha value is -2.85. The molecule has 0 N–H and O–H groups in total. The van der Waals surface area contributed by atoms with Crippen molar-refractivity contribution >= 4 is 22.4 Å². The lowest BCUT2D eigenvalue weighted by molar-refractivity contribution is 0.579. The highest BCUT2D eigenvalue weighted by molar-refractivity contribution is 6.30. The summed E-state index contributed by atoms with van der Waals surface area (Å²) in [6, 6.07) is 16.0. The van der Waals surface area contributed by atoms with E-state index >= 15 is 4.39 Å². The summed E-state index contributed by atoms with van der Waals surface area (Å²) in [6.45, 7) is 2.15. The quantitative estimate of drug-likeness (QED) is 0.241. The molecular weight excluding hydrogens is 443 g/mol. The van der Waals surface area contributed by atoms with Gasteiger partial charge < -0.3 is 0 Å². The van der Waals surface area contributed by atoms with Crippen LogP contribution in [0.15, 0.2) is 60.8 Å². The maximum atomic E-state index is 15.1. The highest BCUT2D eigenvalue weighted by Crippen LogP contribution is 2.25. The van der Waals surface area contributed by atoms with Crippen molar-refractivity contribution in [1.82, 2.24) is 4.98 Å². The summed E-state index contributed by atoms with van der Waals surface area (Å²) in [4.78, 5) is 4.55. The zero-order valence-electron chi connectivity index (χ0n) is 18.5. The molecule has 0 spiro atoms. The van der Waals surface area contributed by atoms with Crippen LogP contribution in [0, 0.1) is 17.5 Å². The highest BCUT2D eigenvalue weighted by Gasteiger charge is 2.12. The molecule has 0 radical (unpaired) electrons. The van der Waals surface area contributed by atoms with Gasteiger partial charge in [0.25, 0.3) is 0 Å². The number of pyridine rings is 1. The predicted octanol–water partition coefficient (Wildman–Crippen LogP) is 7.83. The number of hydrogen-bond donors (Lipinski definition) is 0. The molecule has 0 saturated carbocycles. The molecule has 170 valence electrons. The van der Waals surface area contributed by atoms with Gasteiger partial charge in [-0.2, -0.15) is 0 Å². The Morgan fingerprint density at radius 1 is 0.727 bits per heavy atom. The van der Waals surface area contributed by atoms with E-state index in [0.717, 1.165) is 42.3 Å². The number of fused-ring (bicyclic) bond motifs is 1. The van der Waals surface area contributed by atoms with E-state index in [9.17, 15) is 8.78 Å². The molecule has 0 unspecified atom stereocenters. The number of hydrogen-bond acceptors (Lipinski definition) is 1. The first-order valence-electron chi connectivity index (χ1n) is 11.2. The summed E-state index contributed by atoms with van der Waals surface area (Å²) in [7, 11) is 0. The van der Waals surface area contributed by atoms with Crippen molar-refractivity contribution in [2.45, 2.75) is 45.4 Å². The fourth-order valence-electron chi connectivity index (χ4n) is 4.08. The zero-order chi connectivity index (χ0) is 23.4. The third kappa shape index (κ3) is 5.56. The molecule has 0 saturated heterocycles. The van der Waals surface area contributed by atoms with Crippen molar-refractivity contribution < 1.29 is 13.2 Å². The second-order valence-corrected chi connectivity index (χ2v) is 8.75. The van der Waals surface area contributed by atoms with Crippen LogP contribution in [-0.4, -0.2) is 4.98 Å². The summed E-state index contributed by atoms with van der Waals surface area (Å²) in [6.07, 6.45) is 6.40. The van der Waals surface area contributed by atoms with Crippen molar-refractivity contribution in [2.24, 2.45) is 0 Å². The minimum atomic E-state index is -0.801. The van der Waals surface area contributed by atoms with Crippen LogP contribution < -0.4 is 0 Å². The number of benzene rings is 3. The molecule has 1 nitrogen and oxygen atoms in total. The average Bonchev–Trinajstić information content (AvgIpc) is 2.82. The second-order valence-electron chi connectivity index (χ2n) is 8.38. The maximum absolute atomic E-state index is 15.1. The van der Waals surface area contributed by atoms with Gasteiger partial charge in [0.2, 0.25) is 0 Å². The molecule has 1 aromatic heterocycles. The molecule has 3 aromatic carbocycles. The average molecular weight is 468 g/mol. The van der Waals surface area contributed by atoms with Gasteiger partial charge in [-0.25, -0.2) is 13.2 Å². The number of rotatable bonds is 8. The molecular formula is C28H25ClF3N. The first kappa shape index (κ1) is 23.3. The molecule has 4 aromatic rings. The van der Waals surface area contributed by atoms with Gasteiger partial charge in [0.15, 0.2) is 0 Å². The second kappa shape index (κ2) is 10.4. The molecule has 5 heteroatoms. The van der Waals surface area contributed by atoms with Crippen molar-refractivity contribution in [3.63, 3.8) is 0 Å². The monoisotopic (exact) mass is 467 g/mol. The van der Waals surface area contributed by atoms with Crippen LogP contribution in [-0.2, 0) is 32.1 Å². The maximum Gasteiger partial charge on any atom is 0.145 e. The normalized spacial score (nSPS) is 11.3. The van der Waals surface area contributed by atoms with Gasteiger partial charge in [-0.05, 0) is 77.9 Å². The van der Waals surface area contributed by atoms with Crippen LogP contribution in [0.4, 0.5) is 13.2 Å². The molecule has 1 heterocycles. The summed E-state index contributed by atoms with van der Waals surface area (Å²) < 4.78 is 42.4. The summed E-state index contributed by atoms with van der Waals surface area (Å²) in [5, 5.41) is 0.867. The van der Waals surface area contributed by atoms with Crippen molar-refractivity contribution in [3.8, 4) is 0 Å². The molecule has 0 atom stereocenters. The van der Waals surface area contributed by atoms with Gasteiger partial charge in [0.05, 0.1) is 0 Å². The molecule has 0 aliphatic carbocycles. The third-order valence-corrected chi connectivity index (χ3v) is 6.28. The van der Waals surface area contributed by atoms with E-state index in [-0.39, 0.29) is 5.82 Å². The number of aromatic nitrogens is 1. The van der Waals surface area contributed by atoms with Crippen molar-refractivity contribution in [1.29, 1.82) is 0 Å². The van der Waals surface area contributed by atoms with Crippen LogP contribution in [0.25, 0.3) is 10.8 Å². The standard InChI is InChI=1S/C28H25ClF3N/c1-2-3-19-6-12-23(33-17-19)11-5-18-7-13-24-22(14-18)10-9-21(28(24)32)8-4-20-15-25(30)27(29)26(31)16-20/h6-7,9-10,12-17H,2-5,8,11H2,1H3. The summed E-state index contributed by atoms with van der Waals surface area (Å²) >= 11 is 5.53. The molecule has 33 heavy (non-hydrogen) atoms. The molecule has 4 rings (SSSR count). The Labute approximate surface area is 197 Å². The minimum absolute atomic E-state index is 0.290. The molecule has 0 bridgehead atoms. The van der Waals surface area contributed by atoms with E-state index in [1.165, 1.54) is 17.7 Å². The van der Waals surface area contributed by atoms with Gasteiger partial charge in [0, 0.05) is 17.3 Å². The van der Waals surface area contributed by atoms with E-state index in [0.29, 0.717) is 29.4 Å². The largest absolute Gasteiger partial charge is 0.261 e. The topological polar surface area (TPSA) is 12.9 Å². The number of nitrogens with zero attached hydrogens (tertiary/aromatic N) is 1. The van der Waals surface area contributed by atoms with Crippen LogP contribution in [0.5, 0.6) is 0 Å². The molecule has 0 aliphatic rings. The van der Waals surface area contributed by atoms with Gasteiger partial charge in [-0.15, -0.1) is 0 Å². The first-order chi connectivity index (χ1) is 15.9. The highest BCUT2D eigenvalue weighted by atomic mass is 35.5. The minimum Gasteiger partial charge on any atom is -0.261 e. The van der Waals surface area contributed by atoms with Gasteiger partial charge in [-0.1, -0.05) is 61.3 Å². The Morgan fingerprint density at radius 3 is 2.15 bits per heavy atom. The summed E-state index contributed by atoms with van der Waals surface area (Å²) in [5.74, 6) is -1.89. The van der Waals surface area contributed by atoms with E-state index < -0.39 is 16.7 Å². The number of aryl methyl sites for hydroxylation is 5. The van der Waals surface area contributed by atoms with Gasteiger partial charge in [-0.3, -0.25) is 4.98 Å². The first-order valence-corrected chi connectivity index (χ1v) is 11.6. The van der Waals surface area contributed by atoms with Crippen molar-refractivity contribution in [2.75, 3.05) is 0 Å². The molecule has 0 fully saturated rings. The SMILES string of the molecule is CCCc1ccc(CCc2ccc3c(F)c(CCc4cc(F)c(Cl)c(F)c4)ccc3c2)nc1. The Kier molecular flexibility index (Phi) is 7.34. The molecule has 0 aliphatic heterocycles. The Balaban J connectivity index is 1.44. The van der Waals surface area contributed by atoms with Crippen molar-refractivity contribution in [3.05, 3.63) is 111 Å². The van der Waals surface area contributed by atoms with Gasteiger partial charge in [0.1, 0.15) is 22.5 Å². The zero-order valence-corrected chi connectivity index (χ0v) is 19.2. The predicted molar refractivity (Wildman–Crippen MR) is 128 cm³/mol. The fourth-order valence-corrected chi connectivity index (χ4v) is 4.19. The third-order valence-electron chi connectivity index (χ3n) is 5.92. The van der Waals surface area contributed by atoms with Crippen LogP contribution in [0.3, 0.4) is 0 Å². The fraction of sp³-hybridized carbons (Fsp3) is 0.250. The molecule has 0 amide bonds. The van der Waals surface area contributed by atoms with Gasteiger partial charge >= 0.3 is 0 Å².